The number of nitrogens with two attached hydrogens (primary N) is 1. The third-order valence-corrected chi connectivity index (χ3v) is 8.12. The molecular formula is C24H27N8O11P. The lowest BCUT2D eigenvalue weighted by Gasteiger charge is -2.28. The molecule has 44 heavy (non-hydrogen) atoms. The number of non-ortho nitro benzene ring substituents is 1. The summed E-state index contributed by atoms with van der Waals surface area (Å²) in [6, 6.07) is 5.41. The molecule has 20 heteroatoms. The van der Waals surface area contributed by atoms with E-state index in [1.165, 1.54) is 54.7 Å². The topological polar surface area (TPSA) is 251 Å². The van der Waals surface area contributed by atoms with Gasteiger partial charge in [0.2, 0.25) is 5.95 Å². The Hall–Kier alpha value is -4.68. The summed E-state index contributed by atoms with van der Waals surface area (Å²) in [5.41, 5.74) is 4.09. The average Bonchev–Trinajstić information content (AvgIpc) is 3.71. The summed E-state index contributed by atoms with van der Waals surface area (Å²) in [7, 11) is -3.13. The Morgan fingerprint density at radius 2 is 2.00 bits per heavy atom. The second-order valence-corrected chi connectivity index (χ2v) is 11.7. The predicted octanol–water partition coefficient (Wildman–Crippen LogP) is 1.84. The van der Waals surface area contributed by atoms with Crippen LogP contribution in [0.25, 0.3) is 11.2 Å². The number of aromatic nitrogens is 6. The fraction of sp³-hybridized carbons (Fsp3) is 0.375. The van der Waals surface area contributed by atoms with Crippen LogP contribution in [0.4, 0.5) is 16.4 Å². The van der Waals surface area contributed by atoms with Gasteiger partial charge in [0.15, 0.2) is 23.5 Å². The number of imidazole rings is 2. The van der Waals surface area contributed by atoms with Gasteiger partial charge in [0.1, 0.15) is 24.1 Å². The normalized spacial score (nSPS) is 21.6. The van der Waals surface area contributed by atoms with Gasteiger partial charge in [-0.3, -0.25) is 29.0 Å². The number of nitro benzene ring substituents is 1. The van der Waals surface area contributed by atoms with Gasteiger partial charge in [-0.25, -0.2) is 23.7 Å². The van der Waals surface area contributed by atoms with Crippen molar-refractivity contribution < 1.29 is 42.6 Å². The zero-order valence-electron chi connectivity index (χ0n) is 23.4. The molecule has 2 unspecified atom stereocenters. The number of nitrogen functional groups attached to an aromatic ring is 1. The van der Waals surface area contributed by atoms with Gasteiger partial charge in [0.05, 0.1) is 17.9 Å². The molecule has 4 N–H and O–H groups in total. The third kappa shape index (κ3) is 6.03. The van der Waals surface area contributed by atoms with Gasteiger partial charge < -0.3 is 29.6 Å². The molecule has 4 aromatic rings. The molecule has 1 aliphatic rings. The van der Waals surface area contributed by atoms with E-state index in [-0.39, 0.29) is 22.8 Å². The lowest BCUT2D eigenvalue weighted by Crippen LogP contribution is -2.40. The van der Waals surface area contributed by atoms with Crippen molar-refractivity contribution in [2.45, 2.75) is 44.0 Å². The molecule has 1 saturated heterocycles. The number of methoxy groups -OCH3 is 1. The zero-order valence-corrected chi connectivity index (χ0v) is 24.3. The Morgan fingerprint density at radius 1 is 1.27 bits per heavy atom. The molecule has 234 valence electrons. The number of benzene rings is 1. The molecule has 3 aromatic heterocycles. The number of H-pyrrole nitrogens is 1. The van der Waals surface area contributed by atoms with Gasteiger partial charge in [-0.05, 0) is 31.5 Å². The fourth-order valence-corrected chi connectivity index (χ4v) is 5.51. The number of carbonyl (C=O) groups is 1. The number of carbonyl (C=O) groups excluding carboxylic acids is 1. The van der Waals surface area contributed by atoms with Crippen LogP contribution >= 0.6 is 7.75 Å². The quantitative estimate of drug-likeness (QED) is 0.0974. The number of nitrogens with one attached hydrogen (secondary N) is 1. The second-order valence-electron chi connectivity index (χ2n) is 10.0. The molecule has 0 spiro atoms. The molecule has 0 aliphatic carbocycles. The fourth-order valence-electron chi connectivity index (χ4n) is 4.61. The van der Waals surface area contributed by atoms with E-state index in [1.807, 2.05) is 0 Å². The van der Waals surface area contributed by atoms with Crippen LogP contribution in [0.5, 0.6) is 0 Å². The average molecular weight is 634 g/mol. The van der Waals surface area contributed by atoms with Gasteiger partial charge in [0, 0.05) is 31.6 Å². The van der Waals surface area contributed by atoms with Crippen molar-refractivity contribution in [1.82, 2.24) is 28.8 Å². The number of rotatable bonds is 10. The van der Waals surface area contributed by atoms with Crippen LogP contribution in [0.3, 0.4) is 0 Å². The van der Waals surface area contributed by atoms with Gasteiger partial charge in [0.25, 0.3) is 11.2 Å². The number of fused-ring (bicyclic) bond motifs is 1. The number of hydrogen-bond acceptors (Lipinski definition) is 14. The second kappa shape index (κ2) is 11.8. The molecule has 5 atom stereocenters. The molecule has 0 saturated carbocycles. The third-order valence-electron chi connectivity index (χ3n) is 6.82. The first-order valence-electron chi connectivity index (χ1n) is 12.8. The minimum absolute atomic E-state index is 0.0340. The van der Waals surface area contributed by atoms with Crippen LogP contribution in [0.15, 0.2) is 54.1 Å². The molecule has 0 bridgehead atoms. The van der Waals surface area contributed by atoms with Crippen molar-refractivity contribution >= 4 is 36.7 Å². The van der Waals surface area contributed by atoms with Crippen molar-refractivity contribution in [2.24, 2.45) is 0 Å². The number of nitrogens with zero attached hydrogens (tertiary/aromatic N) is 6. The molecule has 4 heterocycles. The van der Waals surface area contributed by atoms with Crippen molar-refractivity contribution in [1.29, 1.82) is 0 Å². The number of aromatic amines is 1. The summed E-state index contributed by atoms with van der Waals surface area (Å²) in [6.45, 7) is 2.53. The summed E-state index contributed by atoms with van der Waals surface area (Å²) in [5.74, 6) is -0.192. The van der Waals surface area contributed by atoms with Crippen molar-refractivity contribution in [3.8, 4) is 0 Å². The Kier molecular flexibility index (Phi) is 8.23. The Labute approximate surface area is 247 Å². The van der Waals surface area contributed by atoms with E-state index in [0.29, 0.717) is 5.56 Å². The lowest BCUT2D eigenvalue weighted by atomic mass is 9.98. The lowest BCUT2D eigenvalue weighted by molar-refractivity contribution is -0.384. The number of ether oxygens (including phenoxy) is 4. The molecule has 1 aliphatic heterocycles. The largest absolute Gasteiger partial charge is 0.509 e. The van der Waals surface area contributed by atoms with Crippen LogP contribution in [0.2, 0.25) is 0 Å². The first-order valence-corrected chi connectivity index (χ1v) is 14.3. The Balaban J connectivity index is 1.42. The maximum absolute atomic E-state index is 13.1. The van der Waals surface area contributed by atoms with Crippen LogP contribution < -0.4 is 11.3 Å². The van der Waals surface area contributed by atoms with Crippen LogP contribution in [0.1, 0.15) is 25.6 Å². The van der Waals surface area contributed by atoms with E-state index < -0.39 is 61.1 Å². The molecule has 19 nitrogen and oxygen atoms in total. The highest BCUT2D eigenvalue weighted by molar-refractivity contribution is 7.51. The van der Waals surface area contributed by atoms with E-state index in [2.05, 4.69) is 19.9 Å². The van der Waals surface area contributed by atoms with Gasteiger partial charge in [-0.15, -0.1) is 0 Å². The van der Waals surface area contributed by atoms with Crippen LogP contribution in [0, 0.1) is 10.1 Å². The van der Waals surface area contributed by atoms with Gasteiger partial charge >= 0.3 is 13.9 Å². The highest BCUT2D eigenvalue weighted by Gasteiger charge is 2.50. The van der Waals surface area contributed by atoms with Crippen molar-refractivity contribution in [3.05, 3.63) is 75.3 Å². The molecule has 0 amide bonds. The van der Waals surface area contributed by atoms with E-state index in [0.717, 1.165) is 10.7 Å². The number of anilines is 1. The first-order chi connectivity index (χ1) is 20.8. The van der Waals surface area contributed by atoms with Gasteiger partial charge in [-0.2, -0.15) is 4.98 Å². The minimum atomic E-state index is -4.44. The zero-order chi connectivity index (χ0) is 31.8. The standard InChI is InChI=1S/C24H27N8O11P/c1-24(2,13-4-6-14(7-5-13)32(35)36)43-23(34)42-17-15(10-40-44(37,38)30-9-8-26-11-30)41-21(18(17)39-3)31-12-27-16-19(31)28-22(25)29-20(16)33/h4-9,11-12,15,17-18,21H,10H2,1-3H3,(H,37,38)(H3,25,28,29,33)/t15-,17+,18?,21-/m1/s1. The molecule has 1 fully saturated rings. The Morgan fingerprint density at radius 3 is 2.64 bits per heavy atom. The minimum Gasteiger partial charge on any atom is -0.425 e. The monoisotopic (exact) mass is 634 g/mol. The number of nitro groups is 1. The van der Waals surface area contributed by atoms with E-state index >= 15 is 0 Å². The van der Waals surface area contributed by atoms with E-state index in [9.17, 15) is 29.2 Å². The van der Waals surface area contributed by atoms with E-state index in [1.54, 1.807) is 13.8 Å². The van der Waals surface area contributed by atoms with E-state index in [4.69, 9.17) is 29.2 Å². The molecule has 0 radical (unpaired) electrons. The maximum Gasteiger partial charge on any atom is 0.509 e. The van der Waals surface area contributed by atoms with Crippen LogP contribution in [-0.2, 0) is 33.6 Å². The molecule has 5 rings (SSSR count). The first kappa shape index (κ1) is 30.8. The maximum atomic E-state index is 13.1. The summed E-state index contributed by atoms with van der Waals surface area (Å²) < 4.78 is 43.3. The predicted molar refractivity (Wildman–Crippen MR) is 148 cm³/mol. The SMILES string of the molecule is COC1[C@@H](OC(=O)OC(C)(C)c2ccc([N+](=O)[O-])cc2)[C@@H](COP(=O)(O)n2ccnc2)O[C@H]1n1cnc2c(=O)[nH]c(N)nc21. The summed E-state index contributed by atoms with van der Waals surface area (Å²) >= 11 is 0. The summed E-state index contributed by atoms with van der Waals surface area (Å²) in [4.78, 5) is 60.6. The van der Waals surface area contributed by atoms with Crippen molar-refractivity contribution in [2.75, 3.05) is 19.5 Å². The highest BCUT2D eigenvalue weighted by atomic mass is 31.2. The number of hydrogen-bond donors (Lipinski definition) is 3. The Bertz CT molecular complexity index is 1770. The molecular weight excluding hydrogens is 607 g/mol. The van der Waals surface area contributed by atoms with Crippen LogP contribution in [-0.4, -0.2) is 76.8 Å². The smallest absolute Gasteiger partial charge is 0.425 e. The van der Waals surface area contributed by atoms with Crippen molar-refractivity contribution in [3.63, 3.8) is 0 Å². The van der Waals surface area contributed by atoms with Gasteiger partial charge in [-0.1, -0.05) is 0 Å². The summed E-state index contributed by atoms with van der Waals surface area (Å²) in [6.07, 6.45) is -1.09. The summed E-state index contributed by atoms with van der Waals surface area (Å²) in [5, 5.41) is 11.0. The highest BCUT2D eigenvalue weighted by Crippen LogP contribution is 2.45. The molecule has 1 aromatic carbocycles.